The van der Waals surface area contributed by atoms with Gasteiger partial charge in [0.15, 0.2) is 0 Å². The number of piperidine rings is 1. The summed E-state index contributed by atoms with van der Waals surface area (Å²) in [5.74, 6) is 0.111. The smallest absolute Gasteiger partial charge is 0.269 e. The number of amides is 1. The van der Waals surface area contributed by atoms with Crippen molar-refractivity contribution in [2.45, 2.75) is 37.5 Å². The van der Waals surface area contributed by atoms with E-state index in [-0.39, 0.29) is 17.0 Å². The Balaban J connectivity index is 1.39. The summed E-state index contributed by atoms with van der Waals surface area (Å²) < 4.78 is 0. The molecule has 1 spiro atoms. The second-order valence-electron chi connectivity index (χ2n) is 7.42. The molecular formula is C21H22N2O3. The normalized spacial score (nSPS) is 17.9. The Morgan fingerprint density at radius 1 is 1.04 bits per heavy atom. The Morgan fingerprint density at radius 3 is 2.42 bits per heavy atom. The number of nitro groups is 1. The van der Waals surface area contributed by atoms with Crippen LogP contribution in [-0.4, -0.2) is 28.8 Å². The first-order chi connectivity index (χ1) is 12.6. The van der Waals surface area contributed by atoms with Crippen LogP contribution < -0.4 is 0 Å². The number of nitrogens with zero attached hydrogens (tertiary/aromatic N) is 2. The van der Waals surface area contributed by atoms with Crippen LogP contribution in [0.1, 0.15) is 36.0 Å². The molecule has 1 aliphatic carbocycles. The van der Waals surface area contributed by atoms with Gasteiger partial charge in [-0.15, -0.1) is 0 Å². The largest absolute Gasteiger partial charge is 0.342 e. The highest BCUT2D eigenvalue weighted by Gasteiger charge is 2.41. The first-order valence-electron chi connectivity index (χ1n) is 9.17. The molecule has 0 radical (unpaired) electrons. The summed E-state index contributed by atoms with van der Waals surface area (Å²) in [5.41, 5.74) is 4.09. The molecule has 0 atom stereocenters. The number of nitro benzene ring substituents is 1. The van der Waals surface area contributed by atoms with Crippen LogP contribution in [0.5, 0.6) is 0 Å². The minimum atomic E-state index is -0.422. The molecular weight excluding hydrogens is 328 g/mol. The van der Waals surface area contributed by atoms with Gasteiger partial charge in [-0.25, -0.2) is 0 Å². The maximum absolute atomic E-state index is 12.6. The van der Waals surface area contributed by atoms with E-state index in [4.69, 9.17) is 0 Å². The average molecular weight is 350 g/mol. The van der Waals surface area contributed by atoms with E-state index in [1.807, 2.05) is 4.90 Å². The maximum Gasteiger partial charge on any atom is 0.269 e. The van der Waals surface area contributed by atoms with Crippen LogP contribution in [0.4, 0.5) is 5.69 Å². The molecule has 0 unspecified atom stereocenters. The van der Waals surface area contributed by atoms with Crippen molar-refractivity contribution in [3.63, 3.8) is 0 Å². The van der Waals surface area contributed by atoms with Crippen LogP contribution in [0, 0.1) is 10.1 Å². The summed E-state index contributed by atoms with van der Waals surface area (Å²) in [4.78, 5) is 24.9. The van der Waals surface area contributed by atoms with Crippen molar-refractivity contribution in [3.8, 4) is 0 Å². The van der Waals surface area contributed by atoms with Gasteiger partial charge in [-0.1, -0.05) is 36.4 Å². The van der Waals surface area contributed by atoms with E-state index in [0.717, 1.165) is 37.9 Å². The fourth-order valence-electron chi connectivity index (χ4n) is 4.49. The lowest BCUT2D eigenvalue weighted by molar-refractivity contribution is -0.384. The quantitative estimate of drug-likeness (QED) is 0.627. The van der Waals surface area contributed by atoms with Gasteiger partial charge in [-0.05, 0) is 47.8 Å². The second-order valence-corrected chi connectivity index (χ2v) is 7.42. The molecule has 1 amide bonds. The molecule has 26 heavy (non-hydrogen) atoms. The van der Waals surface area contributed by atoms with Crippen LogP contribution in [-0.2, 0) is 23.1 Å². The number of non-ortho nitro benzene ring substituents is 1. The third-order valence-electron chi connectivity index (χ3n) is 6.04. The standard InChI is InChI=1S/C21H22N2O3/c24-20(15-16-5-7-18(8-6-16)23(25)26)22-13-11-21(12-14-22)10-9-17-3-1-2-4-19(17)21/h1-8H,9-15H2. The van der Waals surface area contributed by atoms with Crippen molar-refractivity contribution < 1.29 is 9.72 Å². The zero-order valence-corrected chi connectivity index (χ0v) is 14.7. The third-order valence-corrected chi connectivity index (χ3v) is 6.04. The molecule has 4 rings (SSSR count). The summed E-state index contributed by atoms with van der Waals surface area (Å²) in [5, 5.41) is 10.7. The molecule has 0 saturated carbocycles. The SMILES string of the molecule is O=C(Cc1ccc([N+](=O)[O-])cc1)N1CCC2(CCc3ccccc32)CC1. The topological polar surface area (TPSA) is 63.4 Å². The number of hydrogen-bond donors (Lipinski definition) is 0. The van der Waals surface area contributed by atoms with Gasteiger partial charge in [-0.3, -0.25) is 14.9 Å². The van der Waals surface area contributed by atoms with Crippen molar-refractivity contribution in [2.75, 3.05) is 13.1 Å². The highest BCUT2D eigenvalue weighted by Crippen LogP contribution is 2.46. The Bertz CT molecular complexity index is 837. The fraction of sp³-hybridized carbons (Fsp3) is 0.381. The predicted molar refractivity (Wildman–Crippen MR) is 99.1 cm³/mol. The minimum Gasteiger partial charge on any atom is -0.342 e. The molecule has 2 aromatic rings. The van der Waals surface area contributed by atoms with Crippen LogP contribution in [0.15, 0.2) is 48.5 Å². The summed E-state index contributed by atoms with van der Waals surface area (Å²) in [7, 11) is 0. The van der Waals surface area contributed by atoms with Crippen molar-refractivity contribution in [3.05, 3.63) is 75.3 Å². The van der Waals surface area contributed by atoms with E-state index >= 15 is 0 Å². The Morgan fingerprint density at radius 2 is 1.73 bits per heavy atom. The summed E-state index contributed by atoms with van der Waals surface area (Å²) in [6.45, 7) is 1.58. The molecule has 0 N–H and O–H groups in total. The lowest BCUT2D eigenvalue weighted by Crippen LogP contribution is -2.44. The summed E-state index contributed by atoms with van der Waals surface area (Å²) in [6.07, 6.45) is 4.69. The molecule has 0 bridgehead atoms. The minimum absolute atomic E-state index is 0.0565. The van der Waals surface area contributed by atoms with Gasteiger partial charge in [0.1, 0.15) is 0 Å². The first-order valence-corrected chi connectivity index (χ1v) is 9.17. The third kappa shape index (κ3) is 2.98. The van der Waals surface area contributed by atoms with Crippen molar-refractivity contribution in [1.82, 2.24) is 4.90 Å². The molecule has 1 saturated heterocycles. The van der Waals surface area contributed by atoms with E-state index in [0.29, 0.717) is 6.42 Å². The average Bonchev–Trinajstić information content (AvgIpc) is 3.01. The van der Waals surface area contributed by atoms with E-state index in [1.54, 1.807) is 12.1 Å². The number of aryl methyl sites for hydroxylation is 1. The molecule has 1 aliphatic heterocycles. The van der Waals surface area contributed by atoms with Crippen LogP contribution in [0.3, 0.4) is 0 Å². The Labute approximate surface area is 152 Å². The number of benzene rings is 2. The van der Waals surface area contributed by atoms with E-state index < -0.39 is 4.92 Å². The Hall–Kier alpha value is -2.69. The van der Waals surface area contributed by atoms with Crippen molar-refractivity contribution >= 4 is 11.6 Å². The second kappa shape index (κ2) is 6.56. The molecule has 5 nitrogen and oxygen atoms in total. The van der Waals surface area contributed by atoms with E-state index in [2.05, 4.69) is 24.3 Å². The maximum atomic E-state index is 12.6. The van der Waals surface area contributed by atoms with Crippen LogP contribution >= 0.6 is 0 Å². The first kappa shape index (κ1) is 16.8. The highest BCUT2D eigenvalue weighted by atomic mass is 16.6. The van der Waals surface area contributed by atoms with E-state index in [1.165, 1.54) is 29.7 Å². The molecule has 0 aromatic heterocycles. The summed E-state index contributed by atoms with van der Waals surface area (Å²) in [6, 6.07) is 15.0. The molecule has 134 valence electrons. The number of carbonyl (C=O) groups is 1. The van der Waals surface area contributed by atoms with Crippen LogP contribution in [0.25, 0.3) is 0 Å². The molecule has 2 aliphatic rings. The predicted octanol–water partition coefficient (Wildman–Crippen LogP) is 3.64. The van der Waals surface area contributed by atoms with Gasteiger partial charge >= 0.3 is 0 Å². The van der Waals surface area contributed by atoms with Crippen LogP contribution in [0.2, 0.25) is 0 Å². The van der Waals surface area contributed by atoms with Crippen molar-refractivity contribution in [2.24, 2.45) is 0 Å². The number of carbonyl (C=O) groups excluding carboxylic acids is 1. The molecule has 5 heteroatoms. The number of fused-ring (bicyclic) bond motifs is 2. The summed E-state index contributed by atoms with van der Waals surface area (Å²) >= 11 is 0. The molecule has 1 heterocycles. The van der Waals surface area contributed by atoms with E-state index in [9.17, 15) is 14.9 Å². The lowest BCUT2D eigenvalue weighted by atomic mass is 9.74. The Kier molecular flexibility index (Phi) is 4.23. The van der Waals surface area contributed by atoms with Gasteiger partial charge in [0.25, 0.3) is 5.69 Å². The fourth-order valence-corrected chi connectivity index (χ4v) is 4.49. The molecule has 2 aromatic carbocycles. The highest BCUT2D eigenvalue weighted by molar-refractivity contribution is 5.79. The lowest BCUT2D eigenvalue weighted by Gasteiger charge is -2.40. The van der Waals surface area contributed by atoms with Gasteiger partial charge in [0.2, 0.25) is 5.91 Å². The van der Waals surface area contributed by atoms with Gasteiger partial charge in [0.05, 0.1) is 11.3 Å². The monoisotopic (exact) mass is 350 g/mol. The van der Waals surface area contributed by atoms with Gasteiger partial charge < -0.3 is 4.90 Å². The zero-order valence-electron chi connectivity index (χ0n) is 14.7. The number of rotatable bonds is 3. The van der Waals surface area contributed by atoms with Crippen molar-refractivity contribution in [1.29, 1.82) is 0 Å². The molecule has 1 fully saturated rings. The van der Waals surface area contributed by atoms with Gasteiger partial charge in [-0.2, -0.15) is 0 Å². The number of likely N-dealkylation sites (tertiary alicyclic amines) is 1. The number of hydrogen-bond acceptors (Lipinski definition) is 3. The zero-order chi connectivity index (χ0) is 18.1. The van der Waals surface area contributed by atoms with Gasteiger partial charge in [0, 0.05) is 25.2 Å².